The summed E-state index contributed by atoms with van der Waals surface area (Å²) < 4.78 is 7.38. The number of fused-ring (bicyclic) bond motifs is 1. The van der Waals surface area contributed by atoms with Crippen molar-refractivity contribution in [1.82, 2.24) is 24.8 Å². The zero-order valence-electron chi connectivity index (χ0n) is 21.4. The topological polar surface area (TPSA) is 88.8 Å². The minimum Gasteiger partial charge on any atom is -0.381 e. The van der Waals surface area contributed by atoms with Crippen LogP contribution in [0.2, 0.25) is 0 Å². The number of piperidine rings is 1. The van der Waals surface area contributed by atoms with E-state index in [1.54, 1.807) is 13.2 Å². The molecule has 190 valence electrons. The molecule has 35 heavy (non-hydrogen) atoms. The first-order chi connectivity index (χ1) is 16.9. The molecule has 2 aromatic heterocycles. The Bertz CT molecular complexity index is 1060. The number of nitrogens with one attached hydrogen (secondary N) is 1. The van der Waals surface area contributed by atoms with Crippen LogP contribution in [0.1, 0.15) is 73.5 Å². The second-order valence-electron chi connectivity index (χ2n) is 10.0. The Morgan fingerprint density at radius 1 is 1.17 bits per heavy atom. The van der Waals surface area contributed by atoms with Crippen LogP contribution in [0.4, 0.5) is 0 Å². The number of likely N-dealkylation sites (tertiary alicyclic amines) is 1. The van der Waals surface area contributed by atoms with Gasteiger partial charge in [0.05, 0.1) is 11.8 Å². The van der Waals surface area contributed by atoms with Crippen molar-refractivity contribution in [3.05, 3.63) is 41.4 Å². The number of carbonyl (C=O) groups is 2. The third-order valence-corrected chi connectivity index (χ3v) is 7.81. The van der Waals surface area contributed by atoms with Crippen molar-refractivity contribution in [3.63, 3.8) is 0 Å². The van der Waals surface area contributed by atoms with Crippen LogP contribution in [0, 0.1) is 19.8 Å². The summed E-state index contributed by atoms with van der Waals surface area (Å²) >= 11 is 0. The van der Waals surface area contributed by atoms with Crippen molar-refractivity contribution in [3.8, 4) is 0 Å². The van der Waals surface area contributed by atoms with Crippen molar-refractivity contribution in [2.24, 2.45) is 5.92 Å². The molecule has 8 heteroatoms. The Labute approximate surface area is 208 Å². The molecule has 0 spiro atoms. The van der Waals surface area contributed by atoms with E-state index in [4.69, 9.17) is 14.8 Å². The molecule has 1 saturated carbocycles. The molecular formula is C27H39N5O3. The Morgan fingerprint density at radius 2 is 1.89 bits per heavy atom. The number of amides is 2. The number of rotatable bonds is 8. The zero-order valence-corrected chi connectivity index (χ0v) is 21.4. The van der Waals surface area contributed by atoms with Crippen molar-refractivity contribution < 1.29 is 14.3 Å². The summed E-state index contributed by atoms with van der Waals surface area (Å²) in [6, 6.07) is 2.09. The lowest BCUT2D eigenvalue weighted by molar-refractivity contribution is -0.138. The molecule has 8 nitrogen and oxygen atoms in total. The number of hydrogen-bond acceptors (Lipinski definition) is 5. The molecule has 3 heterocycles. The SMILES string of the molecule is C=CCNC(=O)CCc1c(C)nc2cc(C3CCN(C(=O)C4CCC(OC)CC4)CC3)nn2c1C. The quantitative estimate of drug-likeness (QED) is 0.583. The summed E-state index contributed by atoms with van der Waals surface area (Å²) in [5.74, 6) is 0.818. The number of aromatic nitrogens is 3. The van der Waals surface area contributed by atoms with Gasteiger partial charge in [0.2, 0.25) is 11.8 Å². The smallest absolute Gasteiger partial charge is 0.225 e. The molecule has 2 fully saturated rings. The average Bonchev–Trinajstić information content (AvgIpc) is 3.31. The molecule has 4 rings (SSSR count). The second-order valence-corrected chi connectivity index (χ2v) is 10.0. The lowest BCUT2D eigenvalue weighted by Crippen LogP contribution is -2.42. The molecule has 1 saturated heterocycles. The van der Waals surface area contributed by atoms with Crippen molar-refractivity contribution in [1.29, 1.82) is 0 Å². The van der Waals surface area contributed by atoms with Gasteiger partial charge in [0.15, 0.2) is 5.65 Å². The molecule has 1 aliphatic carbocycles. The highest BCUT2D eigenvalue weighted by Crippen LogP contribution is 2.32. The molecule has 2 aromatic rings. The van der Waals surface area contributed by atoms with Crippen LogP contribution in [0.15, 0.2) is 18.7 Å². The molecule has 2 aliphatic rings. The van der Waals surface area contributed by atoms with Crippen molar-refractivity contribution in [2.75, 3.05) is 26.7 Å². The van der Waals surface area contributed by atoms with Gasteiger partial charge in [-0.3, -0.25) is 9.59 Å². The molecule has 1 aliphatic heterocycles. The normalized spacial score (nSPS) is 21.3. The number of ether oxygens (including phenoxy) is 1. The van der Waals surface area contributed by atoms with Crippen LogP contribution in [0.25, 0.3) is 5.65 Å². The largest absolute Gasteiger partial charge is 0.381 e. The highest BCUT2D eigenvalue weighted by molar-refractivity contribution is 5.79. The van der Waals surface area contributed by atoms with Gasteiger partial charge in [-0.05, 0) is 64.4 Å². The Kier molecular flexibility index (Phi) is 8.21. The number of nitrogens with zero attached hydrogens (tertiary/aromatic N) is 4. The maximum Gasteiger partial charge on any atom is 0.225 e. The first-order valence-corrected chi connectivity index (χ1v) is 13.0. The number of hydrogen-bond donors (Lipinski definition) is 1. The molecule has 0 radical (unpaired) electrons. The second kappa shape index (κ2) is 11.3. The Balaban J connectivity index is 1.38. The average molecular weight is 482 g/mol. The zero-order chi connectivity index (χ0) is 24.9. The summed E-state index contributed by atoms with van der Waals surface area (Å²) in [7, 11) is 1.76. The minimum absolute atomic E-state index is 0.0120. The summed E-state index contributed by atoms with van der Waals surface area (Å²) in [5, 5.41) is 7.74. The van der Waals surface area contributed by atoms with Gasteiger partial charge in [0.25, 0.3) is 0 Å². The third-order valence-electron chi connectivity index (χ3n) is 7.81. The predicted molar refractivity (Wildman–Crippen MR) is 135 cm³/mol. The summed E-state index contributed by atoms with van der Waals surface area (Å²) in [4.78, 5) is 31.9. The van der Waals surface area contributed by atoms with Crippen LogP contribution in [-0.4, -0.2) is 64.2 Å². The van der Waals surface area contributed by atoms with Crippen LogP contribution in [0.3, 0.4) is 0 Å². The van der Waals surface area contributed by atoms with Gasteiger partial charge in [-0.2, -0.15) is 5.10 Å². The van der Waals surface area contributed by atoms with Crippen LogP contribution >= 0.6 is 0 Å². The lowest BCUT2D eigenvalue weighted by Gasteiger charge is -2.35. The van der Waals surface area contributed by atoms with Gasteiger partial charge in [-0.25, -0.2) is 9.50 Å². The van der Waals surface area contributed by atoms with E-state index in [-0.39, 0.29) is 11.8 Å². The first-order valence-electron chi connectivity index (χ1n) is 13.0. The van der Waals surface area contributed by atoms with Gasteiger partial charge in [0, 0.05) is 62.5 Å². The fraction of sp³-hybridized carbons (Fsp3) is 0.630. The Hall–Kier alpha value is -2.74. The molecule has 0 atom stereocenters. The fourth-order valence-corrected chi connectivity index (χ4v) is 5.62. The monoisotopic (exact) mass is 481 g/mol. The number of aryl methyl sites for hydroxylation is 2. The van der Waals surface area contributed by atoms with E-state index in [1.165, 1.54) is 0 Å². The van der Waals surface area contributed by atoms with Crippen molar-refractivity contribution in [2.45, 2.75) is 77.2 Å². The molecule has 0 unspecified atom stereocenters. The summed E-state index contributed by atoms with van der Waals surface area (Å²) in [6.45, 7) is 9.75. The van der Waals surface area contributed by atoms with Gasteiger partial charge in [0.1, 0.15) is 0 Å². The molecule has 0 bridgehead atoms. The molecule has 0 aromatic carbocycles. The van der Waals surface area contributed by atoms with E-state index in [2.05, 4.69) is 29.8 Å². The minimum atomic E-state index is 0.0120. The molecular weight excluding hydrogens is 442 g/mol. The number of methoxy groups -OCH3 is 1. The van der Waals surface area contributed by atoms with Crippen LogP contribution in [0.5, 0.6) is 0 Å². The number of carbonyl (C=O) groups excluding carboxylic acids is 2. The van der Waals surface area contributed by atoms with E-state index >= 15 is 0 Å². The van der Waals surface area contributed by atoms with Gasteiger partial charge in [-0.1, -0.05) is 6.08 Å². The van der Waals surface area contributed by atoms with Gasteiger partial charge in [-0.15, -0.1) is 6.58 Å². The Morgan fingerprint density at radius 3 is 2.54 bits per heavy atom. The van der Waals surface area contributed by atoms with Crippen LogP contribution in [-0.2, 0) is 20.7 Å². The van der Waals surface area contributed by atoms with E-state index in [1.807, 2.05) is 11.4 Å². The highest BCUT2D eigenvalue weighted by Gasteiger charge is 2.32. The lowest BCUT2D eigenvalue weighted by atomic mass is 9.85. The molecule has 2 amide bonds. The maximum atomic E-state index is 13.0. The summed E-state index contributed by atoms with van der Waals surface area (Å²) in [5.41, 5.74) is 4.96. The first kappa shape index (κ1) is 25.4. The van der Waals surface area contributed by atoms with Crippen LogP contribution < -0.4 is 5.32 Å². The van der Waals surface area contributed by atoms with E-state index in [0.717, 1.165) is 79.9 Å². The maximum absolute atomic E-state index is 13.0. The third kappa shape index (κ3) is 5.74. The predicted octanol–water partition coefficient (Wildman–Crippen LogP) is 3.49. The van der Waals surface area contributed by atoms with Gasteiger partial charge < -0.3 is 15.0 Å². The van der Waals surface area contributed by atoms with Crippen molar-refractivity contribution >= 4 is 17.5 Å². The highest BCUT2D eigenvalue weighted by atomic mass is 16.5. The molecule has 1 N–H and O–H groups in total. The van der Waals surface area contributed by atoms with E-state index < -0.39 is 0 Å². The summed E-state index contributed by atoms with van der Waals surface area (Å²) in [6.07, 6.45) is 8.74. The van der Waals surface area contributed by atoms with E-state index in [9.17, 15) is 9.59 Å². The van der Waals surface area contributed by atoms with Gasteiger partial charge >= 0.3 is 0 Å². The fourth-order valence-electron chi connectivity index (χ4n) is 5.62. The van der Waals surface area contributed by atoms with E-state index in [0.29, 0.717) is 37.3 Å². The standard InChI is InChI=1S/C27H39N5O3/c1-5-14-28-26(33)11-10-23-18(2)29-25-17-24(30-32(25)19(23)3)20-12-15-31(16-13-20)27(34)21-6-8-22(35-4)9-7-21/h5,17,20-22H,1,6-16H2,2-4H3,(H,28,33).